The highest BCUT2D eigenvalue weighted by Crippen LogP contribution is 2.49. The van der Waals surface area contributed by atoms with Crippen LogP contribution in [0.4, 0.5) is 13.2 Å². The third-order valence-corrected chi connectivity index (χ3v) is 8.11. The molecule has 1 aliphatic carbocycles. The molecule has 2 N–H and O–H groups in total. The summed E-state index contributed by atoms with van der Waals surface area (Å²) in [6.07, 6.45) is -3.60. The van der Waals surface area contributed by atoms with Gasteiger partial charge in [0, 0.05) is 28.1 Å². The number of aliphatic hydroxyl groups is 1. The van der Waals surface area contributed by atoms with Gasteiger partial charge in [-0.1, -0.05) is 67.1 Å². The monoisotopic (exact) mass is 569 g/mol. The molecule has 0 bridgehead atoms. The number of hydrogen-bond donors (Lipinski definition) is 2. The Kier molecular flexibility index (Phi) is 7.27. The summed E-state index contributed by atoms with van der Waals surface area (Å²) in [4.78, 5) is 15.8. The zero-order valence-electron chi connectivity index (χ0n) is 21.6. The number of fused-ring (bicyclic) bond motifs is 1. The summed E-state index contributed by atoms with van der Waals surface area (Å²) in [6, 6.07) is 20.4. The van der Waals surface area contributed by atoms with E-state index in [1.54, 1.807) is 48.5 Å². The lowest BCUT2D eigenvalue weighted by atomic mass is 9.76. The molecule has 4 aromatic rings. The van der Waals surface area contributed by atoms with Crippen molar-refractivity contribution < 1.29 is 32.9 Å². The Morgan fingerprint density at radius 2 is 1.77 bits per heavy atom. The molecule has 5 rings (SSSR count). The number of hydrogen-bond acceptors (Lipinski definition) is 4. The Morgan fingerprint density at radius 3 is 2.40 bits per heavy atom. The lowest BCUT2D eigenvalue weighted by molar-refractivity contribution is -0.183. The van der Waals surface area contributed by atoms with E-state index in [4.69, 9.17) is 16.3 Å². The molecule has 1 fully saturated rings. The van der Waals surface area contributed by atoms with Gasteiger partial charge in [0.2, 0.25) is 0 Å². The summed E-state index contributed by atoms with van der Waals surface area (Å²) in [5, 5.41) is 21.8. The first kappa shape index (κ1) is 27.9. The number of halogens is 4. The van der Waals surface area contributed by atoms with Crippen molar-refractivity contribution in [2.45, 2.75) is 55.9 Å². The zero-order valence-corrected chi connectivity index (χ0v) is 22.3. The minimum atomic E-state index is -4.65. The van der Waals surface area contributed by atoms with Crippen molar-refractivity contribution >= 4 is 28.5 Å². The molecule has 2 unspecified atom stereocenters. The summed E-state index contributed by atoms with van der Waals surface area (Å²) < 4.78 is 47.0. The van der Waals surface area contributed by atoms with E-state index in [1.807, 2.05) is 12.1 Å². The summed E-state index contributed by atoms with van der Waals surface area (Å²) in [6.45, 7) is 1.69. The smallest absolute Gasteiger partial charge is 0.392 e. The molecule has 3 aromatic carbocycles. The van der Waals surface area contributed by atoms with Crippen molar-refractivity contribution in [2.24, 2.45) is 0 Å². The molecular weight excluding hydrogens is 543 g/mol. The topological polar surface area (TPSA) is 79.7 Å². The van der Waals surface area contributed by atoms with Gasteiger partial charge in [-0.15, -0.1) is 0 Å². The van der Waals surface area contributed by atoms with Gasteiger partial charge in [-0.2, -0.15) is 13.2 Å². The molecule has 0 amide bonds. The fraction of sp³-hybridized carbons (Fsp3) is 0.290. The van der Waals surface area contributed by atoms with Crippen LogP contribution < -0.4 is 4.74 Å². The molecule has 40 heavy (non-hydrogen) atoms. The fourth-order valence-electron chi connectivity index (χ4n) is 5.16. The van der Waals surface area contributed by atoms with E-state index in [-0.39, 0.29) is 17.2 Å². The molecule has 0 saturated heterocycles. The van der Waals surface area contributed by atoms with Crippen molar-refractivity contribution in [3.8, 4) is 5.75 Å². The van der Waals surface area contributed by atoms with Gasteiger partial charge in [0.1, 0.15) is 18.0 Å². The fourth-order valence-corrected chi connectivity index (χ4v) is 5.50. The summed E-state index contributed by atoms with van der Waals surface area (Å²) >= 11 is 6.53. The predicted molar refractivity (Wildman–Crippen MR) is 146 cm³/mol. The number of pyridine rings is 1. The summed E-state index contributed by atoms with van der Waals surface area (Å²) in [7, 11) is 0. The molecule has 2 atom stereocenters. The SMILES string of the molecule is CC(c1ccc(OCc2ccc(C3(C(=O)O)CC3)cc2)cc1Cl)C(O)(CC(F)(F)F)c1cnc2ccccc2c1. The average molecular weight is 570 g/mol. The highest BCUT2D eigenvalue weighted by atomic mass is 35.5. The van der Waals surface area contributed by atoms with Crippen LogP contribution >= 0.6 is 11.6 Å². The number of carboxylic acid groups (broad SMARTS) is 1. The highest BCUT2D eigenvalue weighted by Gasteiger charge is 2.51. The zero-order chi connectivity index (χ0) is 28.7. The van der Waals surface area contributed by atoms with Crippen molar-refractivity contribution in [1.29, 1.82) is 0 Å². The normalized spacial score (nSPS) is 16.8. The molecule has 1 heterocycles. The number of rotatable bonds is 9. The lowest BCUT2D eigenvalue weighted by Gasteiger charge is -2.36. The first-order valence-electron chi connectivity index (χ1n) is 12.8. The van der Waals surface area contributed by atoms with Crippen LogP contribution in [0, 0.1) is 0 Å². The molecule has 1 aromatic heterocycles. The van der Waals surface area contributed by atoms with E-state index in [2.05, 4.69) is 4.98 Å². The van der Waals surface area contributed by atoms with E-state index in [0.717, 1.165) is 11.1 Å². The number of benzene rings is 3. The number of ether oxygens (including phenoxy) is 1. The van der Waals surface area contributed by atoms with Crippen LogP contribution in [0.15, 0.2) is 79.0 Å². The first-order valence-corrected chi connectivity index (χ1v) is 13.2. The van der Waals surface area contributed by atoms with Gasteiger partial charge in [-0.25, -0.2) is 0 Å². The maximum absolute atomic E-state index is 13.7. The first-order chi connectivity index (χ1) is 18.9. The Labute approximate surface area is 234 Å². The van der Waals surface area contributed by atoms with Crippen LogP contribution in [0.2, 0.25) is 5.02 Å². The average Bonchev–Trinajstić information content (AvgIpc) is 3.73. The van der Waals surface area contributed by atoms with Gasteiger partial charge in [0.25, 0.3) is 0 Å². The third-order valence-electron chi connectivity index (χ3n) is 7.79. The molecule has 208 valence electrons. The van der Waals surface area contributed by atoms with E-state index in [9.17, 15) is 28.2 Å². The van der Waals surface area contributed by atoms with Crippen molar-refractivity contribution in [3.05, 3.63) is 106 Å². The Bertz CT molecular complexity index is 1550. The molecule has 1 aliphatic rings. The van der Waals surface area contributed by atoms with Gasteiger partial charge < -0.3 is 14.9 Å². The Hall–Kier alpha value is -3.62. The van der Waals surface area contributed by atoms with Crippen LogP contribution in [-0.2, 0) is 22.4 Å². The van der Waals surface area contributed by atoms with Crippen LogP contribution in [-0.4, -0.2) is 27.3 Å². The van der Waals surface area contributed by atoms with Crippen molar-refractivity contribution in [3.63, 3.8) is 0 Å². The van der Waals surface area contributed by atoms with Crippen LogP contribution in [0.3, 0.4) is 0 Å². The second kappa shape index (κ2) is 10.4. The summed E-state index contributed by atoms with van der Waals surface area (Å²) in [5.74, 6) is -1.45. The number of carbonyl (C=O) groups is 1. The van der Waals surface area contributed by atoms with E-state index in [0.29, 0.717) is 35.1 Å². The number of carboxylic acids is 1. The minimum Gasteiger partial charge on any atom is -0.489 e. The number of aromatic nitrogens is 1. The standard InChI is InChI=1S/C31H27ClF3NO4/c1-19(30(39,18-31(33,34)35)23-14-21-4-2-3-5-27(21)36-16-23)25-11-10-24(15-26(25)32)40-17-20-6-8-22(9-7-20)29(12-13-29)28(37)38/h2-11,14-16,19,39H,12-13,17-18H2,1H3,(H,37,38). The molecule has 0 aliphatic heterocycles. The lowest BCUT2D eigenvalue weighted by Crippen LogP contribution is -2.37. The summed E-state index contributed by atoms with van der Waals surface area (Å²) in [5.41, 5.74) is -0.529. The molecular formula is C31H27ClF3NO4. The van der Waals surface area contributed by atoms with Gasteiger partial charge in [-0.3, -0.25) is 9.78 Å². The molecule has 1 saturated carbocycles. The van der Waals surface area contributed by atoms with Crippen LogP contribution in [0.25, 0.3) is 10.9 Å². The quantitative estimate of drug-likeness (QED) is 0.218. The predicted octanol–water partition coefficient (Wildman–Crippen LogP) is 7.53. The maximum Gasteiger partial charge on any atom is 0.392 e. The Balaban J connectivity index is 1.36. The van der Waals surface area contributed by atoms with E-state index in [1.165, 1.54) is 25.3 Å². The number of alkyl halides is 3. The minimum absolute atomic E-state index is 0.0479. The van der Waals surface area contributed by atoms with E-state index >= 15 is 0 Å². The van der Waals surface area contributed by atoms with Crippen LogP contribution in [0.1, 0.15) is 54.4 Å². The number of nitrogens with zero attached hydrogens (tertiary/aromatic N) is 1. The maximum atomic E-state index is 13.7. The van der Waals surface area contributed by atoms with E-state index < -0.39 is 35.5 Å². The van der Waals surface area contributed by atoms with Gasteiger partial charge in [0.15, 0.2) is 0 Å². The second-order valence-corrected chi connectivity index (χ2v) is 10.8. The molecule has 9 heteroatoms. The second-order valence-electron chi connectivity index (χ2n) is 10.4. The van der Waals surface area contributed by atoms with Gasteiger partial charge in [-0.05, 0) is 53.8 Å². The molecule has 0 radical (unpaired) electrons. The van der Waals surface area contributed by atoms with Crippen molar-refractivity contribution in [1.82, 2.24) is 4.98 Å². The van der Waals surface area contributed by atoms with Crippen LogP contribution in [0.5, 0.6) is 5.75 Å². The number of para-hydroxylation sites is 1. The van der Waals surface area contributed by atoms with Gasteiger partial charge in [0.05, 0.1) is 17.4 Å². The highest BCUT2D eigenvalue weighted by molar-refractivity contribution is 6.31. The number of aliphatic carboxylic acids is 1. The molecule has 0 spiro atoms. The third kappa shape index (κ3) is 5.51. The largest absolute Gasteiger partial charge is 0.489 e. The van der Waals surface area contributed by atoms with Gasteiger partial charge >= 0.3 is 12.1 Å². The van der Waals surface area contributed by atoms with Crippen molar-refractivity contribution in [2.75, 3.05) is 0 Å². The Morgan fingerprint density at radius 1 is 1.07 bits per heavy atom. The molecule has 5 nitrogen and oxygen atoms in total.